The Hall–Kier alpha value is -4.96. The van der Waals surface area contributed by atoms with Crippen LogP contribution in [-0.2, 0) is 99.9 Å². The molecule has 5 fully saturated rings. The number of ketones is 1. The molecular weight excluding hydrogens is 1470 g/mol. The van der Waals surface area contributed by atoms with E-state index in [1.165, 1.54) is 65.7 Å². The lowest BCUT2D eigenvalue weighted by molar-refractivity contribution is -0.272. The molecule has 38 heteroatoms. The van der Waals surface area contributed by atoms with Gasteiger partial charge in [0.05, 0.1) is 132 Å². The third kappa shape index (κ3) is 38.1. The van der Waals surface area contributed by atoms with Gasteiger partial charge in [0.1, 0.15) is 85.6 Å². The van der Waals surface area contributed by atoms with Crippen molar-refractivity contribution in [3.05, 3.63) is 0 Å². The van der Waals surface area contributed by atoms with E-state index in [1.807, 2.05) is 0 Å². The van der Waals surface area contributed by atoms with Gasteiger partial charge in [0.2, 0.25) is 41.4 Å². The third-order valence-corrected chi connectivity index (χ3v) is 20.1. The maximum absolute atomic E-state index is 13.8. The second kappa shape index (κ2) is 55.6. The largest absolute Gasteiger partial charge is 0.394 e. The van der Waals surface area contributed by atoms with Crippen molar-refractivity contribution >= 4 is 47.1 Å². The molecule has 0 aromatic carbocycles. The SMILES string of the molecule is CC(=O)NC1C(OCCOCCOCCNC(=O)CCC(CCC(=O)NCCOCCOCCOC2OC(CO)C(O)C(O)C2NC(C)=O)(CCC(=O)NCCOCCOCCOC2OC(CO)C(O)C(O)C2NC(C)=O)NCC(=O)CCCC(=O)NCOC2CCC(CC3CCCCCC3)CC2)OC(CO)C(O)C1O. The molecule has 3 saturated heterocycles. The van der Waals surface area contributed by atoms with E-state index in [4.69, 9.17) is 61.6 Å². The fraction of sp³-hybridized carbons (Fsp3) is 0.890. The van der Waals surface area contributed by atoms with Crippen molar-refractivity contribution in [2.24, 2.45) is 11.8 Å². The summed E-state index contributed by atoms with van der Waals surface area (Å²) in [6, 6.07) is -3.35. The van der Waals surface area contributed by atoms with E-state index in [2.05, 4.69) is 42.5 Å². The Bertz CT molecular complexity index is 2430. The Balaban J connectivity index is 1.13. The van der Waals surface area contributed by atoms with Crippen LogP contribution in [-0.4, -0.2) is 349 Å². The predicted octanol–water partition coefficient (Wildman–Crippen LogP) is -4.27. The van der Waals surface area contributed by atoms with E-state index in [-0.39, 0.29) is 208 Å². The standard InChI is InChI=1S/C73H130N8O30/c1-47(85)79-61-67(96)64(93)54(43-82)109-70(61)105-38-35-102-32-29-99-26-23-74-58(90)17-20-73(78-42-52(88)11-8-12-57(89)77-46-108-53-15-13-51(14-16-53)41-50-9-6-4-5-7-10-50,21-18-59(91)75-24-27-100-30-33-103-36-39-106-71-62(80-48(2)86)68(97)65(94)55(44-83)110-71)22-19-60(92)76-25-28-101-31-34-104-37-40-107-72-63(81-49(3)87)69(98)66(95)56(45-84)111-72/h50-51,53-56,61-72,78,82-84,93-98H,4-46H2,1-3H3,(H,74,90)(H,75,91)(H,76,92)(H,77,89)(H,79,85)(H,80,86)(H,81,87). The Kier molecular flexibility index (Phi) is 48.4. The van der Waals surface area contributed by atoms with Gasteiger partial charge in [-0.25, -0.2) is 0 Å². The van der Waals surface area contributed by atoms with Gasteiger partial charge in [0.25, 0.3) is 0 Å². The first-order valence-corrected chi connectivity index (χ1v) is 39.4. The summed E-state index contributed by atoms with van der Waals surface area (Å²) in [4.78, 5) is 103. The molecule has 15 unspecified atom stereocenters. The van der Waals surface area contributed by atoms with Crippen molar-refractivity contribution < 1.29 is 146 Å². The lowest BCUT2D eigenvalue weighted by Crippen LogP contribution is -2.64. The maximum Gasteiger partial charge on any atom is 0.221 e. The molecule has 15 atom stereocenters. The third-order valence-electron chi connectivity index (χ3n) is 20.1. The zero-order valence-corrected chi connectivity index (χ0v) is 64.9. The number of nitrogens with one attached hydrogen (secondary N) is 8. The normalized spacial score (nSPS) is 27.7. The zero-order chi connectivity index (χ0) is 80.8. The van der Waals surface area contributed by atoms with Crippen LogP contribution in [0.2, 0.25) is 0 Å². The van der Waals surface area contributed by atoms with E-state index in [0.717, 1.165) is 37.5 Å². The van der Waals surface area contributed by atoms with Crippen LogP contribution in [0.25, 0.3) is 0 Å². The first kappa shape index (κ1) is 96.6. The highest BCUT2D eigenvalue weighted by Gasteiger charge is 2.48. The minimum atomic E-state index is -1.48. The van der Waals surface area contributed by atoms with Crippen molar-refractivity contribution in [1.82, 2.24) is 42.5 Å². The van der Waals surface area contributed by atoms with Gasteiger partial charge in [-0.15, -0.1) is 0 Å². The molecule has 38 nitrogen and oxygen atoms in total. The number of carbonyl (C=O) groups excluding carboxylic acids is 8. The molecule has 0 aromatic rings. The first-order chi connectivity index (χ1) is 53.5. The Morgan fingerprint density at radius 2 is 0.712 bits per heavy atom. The van der Waals surface area contributed by atoms with E-state index in [0.29, 0.717) is 0 Å². The number of amides is 7. The molecule has 642 valence electrons. The molecule has 0 radical (unpaired) electrons. The van der Waals surface area contributed by atoms with Gasteiger partial charge in [-0.05, 0) is 69.6 Å². The maximum atomic E-state index is 13.8. The Labute approximate surface area is 649 Å². The average molecular weight is 1600 g/mol. The highest BCUT2D eigenvalue weighted by molar-refractivity contribution is 5.82. The van der Waals surface area contributed by atoms with E-state index < -0.39 is 153 Å². The van der Waals surface area contributed by atoms with Crippen molar-refractivity contribution in [3.8, 4) is 0 Å². The number of aliphatic hydroxyl groups is 9. The molecule has 5 aliphatic rings. The van der Waals surface area contributed by atoms with Gasteiger partial charge >= 0.3 is 0 Å². The number of carbonyl (C=O) groups is 8. The number of ether oxygens (including phenoxy) is 13. The van der Waals surface area contributed by atoms with Gasteiger partial charge < -0.3 is 150 Å². The molecule has 2 aliphatic carbocycles. The van der Waals surface area contributed by atoms with Crippen molar-refractivity contribution in [3.63, 3.8) is 0 Å². The average Bonchev–Trinajstić information content (AvgIpc) is 0.842. The molecule has 2 saturated carbocycles. The van der Waals surface area contributed by atoms with Crippen LogP contribution in [0.3, 0.4) is 0 Å². The number of Topliss-reactive ketones (excluding diaryl/α,β-unsaturated/α-hetero) is 1. The summed E-state index contributed by atoms with van der Waals surface area (Å²) in [5.74, 6) is -1.65. The fourth-order valence-corrected chi connectivity index (χ4v) is 14.0. The highest BCUT2D eigenvalue weighted by Crippen LogP contribution is 2.36. The summed E-state index contributed by atoms with van der Waals surface area (Å²) < 4.78 is 73.6. The van der Waals surface area contributed by atoms with Gasteiger partial charge in [0.15, 0.2) is 18.9 Å². The zero-order valence-electron chi connectivity index (χ0n) is 64.9. The monoisotopic (exact) mass is 1600 g/mol. The smallest absolute Gasteiger partial charge is 0.221 e. The van der Waals surface area contributed by atoms with Gasteiger partial charge in [0, 0.05) is 78.0 Å². The topological polar surface area (TPSA) is 535 Å². The van der Waals surface area contributed by atoms with Crippen LogP contribution in [0.4, 0.5) is 0 Å². The van der Waals surface area contributed by atoms with Crippen LogP contribution < -0.4 is 42.5 Å². The lowest BCUT2D eigenvalue weighted by atomic mass is 9.79. The van der Waals surface area contributed by atoms with Crippen molar-refractivity contribution in [2.75, 3.05) is 152 Å². The molecule has 111 heavy (non-hydrogen) atoms. The van der Waals surface area contributed by atoms with E-state index in [1.54, 1.807) is 0 Å². The van der Waals surface area contributed by atoms with Gasteiger partial charge in [-0.3, -0.25) is 38.4 Å². The molecule has 7 amide bonds. The Morgan fingerprint density at radius 3 is 1.06 bits per heavy atom. The van der Waals surface area contributed by atoms with Crippen LogP contribution in [0, 0.1) is 11.8 Å². The quantitative estimate of drug-likeness (QED) is 0.0156. The number of hydrogen-bond donors (Lipinski definition) is 17. The van der Waals surface area contributed by atoms with Gasteiger partial charge in [-0.1, -0.05) is 38.5 Å². The fourth-order valence-electron chi connectivity index (χ4n) is 14.0. The molecule has 0 aromatic heterocycles. The van der Waals surface area contributed by atoms with Crippen molar-refractivity contribution in [2.45, 2.75) is 253 Å². The summed E-state index contributed by atoms with van der Waals surface area (Å²) in [7, 11) is 0. The van der Waals surface area contributed by atoms with Crippen LogP contribution >= 0.6 is 0 Å². The van der Waals surface area contributed by atoms with Crippen LogP contribution in [0.1, 0.15) is 149 Å². The molecule has 3 heterocycles. The second-order valence-electron chi connectivity index (χ2n) is 28.8. The van der Waals surface area contributed by atoms with Crippen molar-refractivity contribution in [1.29, 1.82) is 0 Å². The lowest BCUT2D eigenvalue weighted by Gasteiger charge is -2.42. The van der Waals surface area contributed by atoms with Crippen LogP contribution in [0.5, 0.6) is 0 Å². The number of aliphatic hydroxyl groups excluding tert-OH is 9. The number of hydrogen-bond acceptors (Lipinski definition) is 31. The summed E-state index contributed by atoms with van der Waals surface area (Å²) >= 11 is 0. The molecule has 17 N–H and O–H groups in total. The molecular formula is C73H130N8O30. The molecule has 0 spiro atoms. The molecule has 0 bridgehead atoms. The minimum absolute atomic E-state index is 0.0232. The summed E-state index contributed by atoms with van der Waals surface area (Å²) in [5, 5.41) is 113. The summed E-state index contributed by atoms with van der Waals surface area (Å²) in [6.07, 6.45) is -2.16. The molecule has 3 aliphatic heterocycles. The minimum Gasteiger partial charge on any atom is -0.394 e. The van der Waals surface area contributed by atoms with E-state index >= 15 is 0 Å². The van der Waals surface area contributed by atoms with Crippen LogP contribution in [0.15, 0.2) is 0 Å². The summed E-state index contributed by atoms with van der Waals surface area (Å²) in [5.41, 5.74) is -1.17. The predicted molar refractivity (Wildman–Crippen MR) is 391 cm³/mol. The second-order valence-corrected chi connectivity index (χ2v) is 28.8. The highest BCUT2D eigenvalue weighted by atomic mass is 16.7. The number of rotatable bonds is 57. The van der Waals surface area contributed by atoms with Gasteiger partial charge in [-0.2, -0.15) is 0 Å². The first-order valence-electron chi connectivity index (χ1n) is 39.4. The molecule has 5 rings (SSSR count). The Morgan fingerprint density at radius 1 is 0.378 bits per heavy atom. The van der Waals surface area contributed by atoms with E-state index in [9.17, 15) is 84.3 Å². The summed E-state index contributed by atoms with van der Waals surface area (Å²) in [6.45, 7) is 2.92.